The SMILES string of the molecule is NCc1ccc(S(=O)(=O)N2C[C@@H](O)[C@@H](O)C2)cc1. The first-order valence-electron chi connectivity index (χ1n) is 5.60. The molecule has 0 aromatic heterocycles. The van der Waals surface area contributed by atoms with Gasteiger partial charge in [0.05, 0.1) is 17.1 Å². The second kappa shape index (κ2) is 4.94. The molecule has 100 valence electrons. The molecule has 7 heteroatoms. The van der Waals surface area contributed by atoms with Gasteiger partial charge in [-0.3, -0.25) is 0 Å². The van der Waals surface area contributed by atoms with Crippen LogP contribution in [0.25, 0.3) is 0 Å². The summed E-state index contributed by atoms with van der Waals surface area (Å²) in [5.74, 6) is 0. The van der Waals surface area contributed by atoms with E-state index in [4.69, 9.17) is 5.73 Å². The van der Waals surface area contributed by atoms with Gasteiger partial charge in [-0.1, -0.05) is 12.1 Å². The summed E-state index contributed by atoms with van der Waals surface area (Å²) in [5.41, 5.74) is 6.28. The third-order valence-electron chi connectivity index (χ3n) is 3.02. The minimum atomic E-state index is -3.66. The number of β-amino-alcohol motifs (C(OH)–C–C–N with tert-alkyl or cyclic N) is 2. The van der Waals surface area contributed by atoms with E-state index < -0.39 is 22.2 Å². The fraction of sp³-hybridized carbons (Fsp3) is 0.455. The van der Waals surface area contributed by atoms with Crippen LogP contribution in [0.5, 0.6) is 0 Å². The van der Waals surface area contributed by atoms with Gasteiger partial charge in [-0.15, -0.1) is 0 Å². The van der Waals surface area contributed by atoms with Gasteiger partial charge in [0.15, 0.2) is 0 Å². The van der Waals surface area contributed by atoms with Crippen LogP contribution in [0.4, 0.5) is 0 Å². The summed E-state index contributed by atoms with van der Waals surface area (Å²) >= 11 is 0. The van der Waals surface area contributed by atoms with Gasteiger partial charge in [-0.25, -0.2) is 8.42 Å². The normalized spacial score (nSPS) is 25.5. The molecule has 1 aromatic carbocycles. The average molecular weight is 272 g/mol. The molecule has 0 unspecified atom stereocenters. The van der Waals surface area contributed by atoms with Crippen molar-refractivity contribution in [1.82, 2.24) is 4.31 Å². The Hall–Kier alpha value is -0.990. The predicted molar refractivity (Wildman–Crippen MR) is 65.1 cm³/mol. The van der Waals surface area contributed by atoms with Crippen molar-refractivity contribution >= 4 is 10.0 Å². The molecule has 6 nitrogen and oxygen atoms in total. The number of rotatable bonds is 3. The highest BCUT2D eigenvalue weighted by Gasteiger charge is 2.37. The smallest absolute Gasteiger partial charge is 0.243 e. The summed E-state index contributed by atoms with van der Waals surface area (Å²) in [7, 11) is -3.66. The maximum absolute atomic E-state index is 12.2. The molecule has 18 heavy (non-hydrogen) atoms. The third-order valence-corrected chi connectivity index (χ3v) is 4.87. The molecular formula is C11H16N2O4S. The van der Waals surface area contributed by atoms with E-state index in [9.17, 15) is 18.6 Å². The molecule has 0 bridgehead atoms. The summed E-state index contributed by atoms with van der Waals surface area (Å²) in [6.07, 6.45) is -2.05. The van der Waals surface area contributed by atoms with E-state index in [1.165, 1.54) is 12.1 Å². The van der Waals surface area contributed by atoms with Crippen LogP contribution in [-0.4, -0.2) is 48.2 Å². The maximum Gasteiger partial charge on any atom is 0.243 e. The molecule has 2 atom stereocenters. The molecular weight excluding hydrogens is 256 g/mol. The number of hydrogen-bond donors (Lipinski definition) is 3. The molecule has 1 fully saturated rings. The highest BCUT2D eigenvalue weighted by Crippen LogP contribution is 2.21. The van der Waals surface area contributed by atoms with Crippen LogP contribution >= 0.6 is 0 Å². The Bertz CT molecular complexity index is 504. The van der Waals surface area contributed by atoms with Gasteiger partial charge in [0.1, 0.15) is 0 Å². The van der Waals surface area contributed by atoms with E-state index in [2.05, 4.69) is 0 Å². The second-order valence-corrected chi connectivity index (χ2v) is 6.24. The van der Waals surface area contributed by atoms with E-state index in [1.807, 2.05) is 0 Å². The van der Waals surface area contributed by atoms with Crippen molar-refractivity contribution in [2.45, 2.75) is 23.6 Å². The minimum absolute atomic E-state index is 0.0812. The van der Waals surface area contributed by atoms with Gasteiger partial charge in [0.25, 0.3) is 0 Å². The zero-order valence-electron chi connectivity index (χ0n) is 9.73. The molecule has 1 saturated heterocycles. The van der Waals surface area contributed by atoms with Gasteiger partial charge in [-0.05, 0) is 17.7 Å². The van der Waals surface area contributed by atoms with Crippen molar-refractivity contribution in [2.75, 3.05) is 13.1 Å². The van der Waals surface area contributed by atoms with Crippen LogP contribution in [0.3, 0.4) is 0 Å². The van der Waals surface area contributed by atoms with Crippen LogP contribution in [-0.2, 0) is 16.6 Å². The lowest BCUT2D eigenvalue weighted by atomic mass is 10.2. The summed E-state index contributed by atoms with van der Waals surface area (Å²) < 4.78 is 25.5. The van der Waals surface area contributed by atoms with Gasteiger partial charge >= 0.3 is 0 Å². The van der Waals surface area contributed by atoms with E-state index in [1.54, 1.807) is 12.1 Å². The Morgan fingerprint density at radius 3 is 2.11 bits per heavy atom. The van der Waals surface area contributed by atoms with Crippen LogP contribution in [0.15, 0.2) is 29.2 Å². The molecule has 0 saturated carbocycles. The number of nitrogens with zero attached hydrogens (tertiary/aromatic N) is 1. The largest absolute Gasteiger partial charge is 0.389 e. The van der Waals surface area contributed by atoms with Crippen molar-refractivity contribution in [3.05, 3.63) is 29.8 Å². The van der Waals surface area contributed by atoms with E-state index in [-0.39, 0.29) is 18.0 Å². The number of hydrogen-bond acceptors (Lipinski definition) is 5. The molecule has 4 N–H and O–H groups in total. The van der Waals surface area contributed by atoms with Crippen molar-refractivity contribution < 1.29 is 18.6 Å². The number of nitrogens with two attached hydrogens (primary N) is 1. The Morgan fingerprint density at radius 1 is 1.17 bits per heavy atom. The topological polar surface area (TPSA) is 104 Å². The Kier molecular flexibility index (Phi) is 3.69. The van der Waals surface area contributed by atoms with Crippen LogP contribution in [0.1, 0.15) is 5.56 Å². The third kappa shape index (κ3) is 2.40. The quantitative estimate of drug-likeness (QED) is 0.646. The molecule has 1 aliphatic rings. The molecule has 0 spiro atoms. The van der Waals surface area contributed by atoms with Crippen LogP contribution in [0, 0.1) is 0 Å². The van der Waals surface area contributed by atoms with E-state index in [0.717, 1.165) is 9.87 Å². The lowest BCUT2D eigenvalue weighted by Gasteiger charge is -2.15. The fourth-order valence-electron chi connectivity index (χ4n) is 1.88. The highest BCUT2D eigenvalue weighted by atomic mass is 32.2. The fourth-order valence-corrected chi connectivity index (χ4v) is 3.35. The van der Waals surface area contributed by atoms with Crippen LogP contribution in [0.2, 0.25) is 0 Å². The predicted octanol–water partition coefficient (Wildman–Crippen LogP) is -1.13. The highest BCUT2D eigenvalue weighted by molar-refractivity contribution is 7.89. The first kappa shape index (κ1) is 13.4. The number of aliphatic hydroxyl groups excluding tert-OH is 2. The monoisotopic (exact) mass is 272 g/mol. The van der Waals surface area contributed by atoms with Crippen molar-refractivity contribution in [3.8, 4) is 0 Å². The first-order valence-corrected chi connectivity index (χ1v) is 7.04. The first-order chi connectivity index (χ1) is 8.45. The van der Waals surface area contributed by atoms with Crippen molar-refractivity contribution in [2.24, 2.45) is 5.73 Å². The standard InChI is InChI=1S/C11H16N2O4S/c12-5-8-1-3-9(4-2-8)18(16,17)13-6-10(14)11(15)7-13/h1-4,10-11,14-15H,5-7,12H2/t10-,11+. The Morgan fingerprint density at radius 2 is 1.67 bits per heavy atom. The number of sulfonamides is 1. The molecule has 1 aliphatic heterocycles. The van der Waals surface area contributed by atoms with Gasteiger partial charge < -0.3 is 15.9 Å². The minimum Gasteiger partial charge on any atom is -0.389 e. The summed E-state index contributed by atoms with van der Waals surface area (Å²) in [5, 5.41) is 18.8. The average Bonchev–Trinajstić information content (AvgIpc) is 2.70. The lowest BCUT2D eigenvalue weighted by Crippen LogP contribution is -2.30. The van der Waals surface area contributed by atoms with E-state index in [0.29, 0.717) is 6.54 Å². The molecule has 2 rings (SSSR count). The number of aliphatic hydroxyl groups is 2. The van der Waals surface area contributed by atoms with Gasteiger partial charge in [-0.2, -0.15) is 4.31 Å². The summed E-state index contributed by atoms with van der Waals surface area (Å²) in [6, 6.07) is 6.26. The zero-order valence-corrected chi connectivity index (χ0v) is 10.5. The molecule has 0 amide bonds. The van der Waals surface area contributed by atoms with Crippen molar-refractivity contribution in [1.29, 1.82) is 0 Å². The van der Waals surface area contributed by atoms with E-state index >= 15 is 0 Å². The molecule has 0 radical (unpaired) electrons. The van der Waals surface area contributed by atoms with Crippen LogP contribution < -0.4 is 5.73 Å². The molecule has 0 aliphatic carbocycles. The lowest BCUT2D eigenvalue weighted by molar-refractivity contribution is 0.0572. The van der Waals surface area contributed by atoms with Crippen molar-refractivity contribution in [3.63, 3.8) is 0 Å². The second-order valence-electron chi connectivity index (χ2n) is 4.30. The summed E-state index contributed by atoms with van der Waals surface area (Å²) in [6.45, 7) is 0.186. The molecule has 1 heterocycles. The number of benzene rings is 1. The summed E-state index contributed by atoms with van der Waals surface area (Å²) in [4.78, 5) is 0.140. The molecule has 1 aromatic rings. The Labute approximate surface area is 106 Å². The Balaban J connectivity index is 2.25. The van der Waals surface area contributed by atoms with Gasteiger partial charge in [0, 0.05) is 19.6 Å². The zero-order chi connectivity index (χ0) is 13.3. The van der Waals surface area contributed by atoms with Gasteiger partial charge in [0.2, 0.25) is 10.0 Å². The maximum atomic E-state index is 12.2.